The summed E-state index contributed by atoms with van der Waals surface area (Å²) in [4.78, 5) is 12.4. The maximum Gasteiger partial charge on any atom is 0.252 e. The van der Waals surface area contributed by atoms with Crippen molar-refractivity contribution in [3.05, 3.63) is 33.8 Å². The summed E-state index contributed by atoms with van der Waals surface area (Å²) in [7, 11) is 0. The lowest BCUT2D eigenvalue weighted by Gasteiger charge is -2.52. The SMILES string of the molecule is Cc1cccc(C(=O)NC2C(N)C3CCCOC32)c1Br. The van der Waals surface area contributed by atoms with Gasteiger partial charge in [-0.25, -0.2) is 0 Å². The molecule has 1 heterocycles. The number of aryl methyl sites for hydroxylation is 1. The topological polar surface area (TPSA) is 64.4 Å². The Morgan fingerprint density at radius 1 is 1.50 bits per heavy atom. The van der Waals surface area contributed by atoms with Crippen LogP contribution in [0.1, 0.15) is 28.8 Å². The molecule has 0 bridgehead atoms. The van der Waals surface area contributed by atoms with Crippen LogP contribution < -0.4 is 11.1 Å². The van der Waals surface area contributed by atoms with Gasteiger partial charge in [0, 0.05) is 23.0 Å². The molecule has 108 valence electrons. The Labute approximate surface area is 127 Å². The maximum absolute atomic E-state index is 12.4. The third-order valence-corrected chi connectivity index (χ3v) is 5.46. The molecule has 1 aromatic carbocycles. The van der Waals surface area contributed by atoms with Crippen molar-refractivity contribution in [2.24, 2.45) is 11.7 Å². The Balaban J connectivity index is 1.72. The van der Waals surface area contributed by atoms with E-state index in [0.29, 0.717) is 11.5 Å². The number of fused-ring (bicyclic) bond motifs is 1. The van der Waals surface area contributed by atoms with Crippen LogP contribution in [0, 0.1) is 12.8 Å². The second kappa shape index (κ2) is 5.47. The Morgan fingerprint density at radius 2 is 2.30 bits per heavy atom. The van der Waals surface area contributed by atoms with Crippen LogP contribution >= 0.6 is 15.9 Å². The van der Waals surface area contributed by atoms with Crippen molar-refractivity contribution in [3.8, 4) is 0 Å². The number of nitrogens with one attached hydrogen (secondary N) is 1. The minimum atomic E-state index is -0.0892. The van der Waals surface area contributed by atoms with Crippen LogP contribution in [-0.2, 0) is 4.74 Å². The molecule has 1 saturated heterocycles. The van der Waals surface area contributed by atoms with Crippen molar-refractivity contribution in [2.45, 2.75) is 38.0 Å². The van der Waals surface area contributed by atoms with E-state index in [1.807, 2.05) is 25.1 Å². The van der Waals surface area contributed by atoms with Gasteiger partial charge >= 0.3 is 0 Å². The lowest BCUT2D eigenvalue weighted by atomic mass is 9.68. The highest BCUT2D eigenvalue weighted by Gasteiger charge is 2.51. The summed E-state index contributed by atoms with van der Waals surface area (Å²) >= 11 is 3.47. The molecule has 1 aromatic rings. The van der Waals surface area contributed by atoms with Gasteiger partial charge in [-0.3, -0.25) is 4.79 Å². The van der Waals surface area contributed by atoms with Crippen LogP contribution in [0.2, 0.25) is 0 Å². The van der Waals surface area contributed by atoms with Gasteiger partial charge < -0.3 is 15.8 Å². The molecule has 20 heavy (non-hydrogen) atoms. The molecule has 0 spiro atoms. The summed E-state index contributed by atoms with van der Waals surface area (Å²) < 4.78 is 6.58. The first-order chi connectivity index (χ1) is 9.59. The molecule has 1 aliphatic heterocycles. The van der Waals surface area contributed by atoms with E-state index in [1.54, 1.807) is 0 Å². The number of carbonyl (C=O) groups excluding carboxylic acids is 1. The van der Waals surface area contributed by atoms with Crippen LogP contribution in [0.25, 0.3) is 0 Å². The maximum atomic E-state index is 12.4. The molecule has 1 amide bonds. The summed E-state index contributed by atoms with van der Waals surface area (Å²) in [6, 6.07) is 5.61. The molecule has 4 nitrogen and oxygen atoms in total. The monoisotopic (exact) mass is 338 g/mol. The predicted molar refractivity (Wildman–Crippen MR) is 80.6 cm³/mol. The third kappa shape index (κ3) is 2.28. The molecular weight excluding hydrogens is 320 g/mol. The zero-order valence-electron chi connectivity index (χ0n) is 11.4. The van der Waals surface area contributed by atoms with E-state index < -0.39 is 0 Å². The number of nitrogens with two attached hydrogens (primary N) is 1. The number of benzene rings is 1. The zero-order chi connectivity index (χ0) is 14.3. The molecule has 1 aliphatic carbocycles. The summed E-state index contributed by atoms with van der Waals surface area (Å²) in [6.45, 7) is 2.74. The number of hydrogen-bond acceptors (Lipinski definition) is 3. The molecule has 0 radical (unpaired) electrons. The fraction of sp³-hybridized carbons (Fsp3) is 0.533. The van der Waals surface area contributed by atoms with E-state index in [9.17, 15) is 4.79 Å². The molecule has 3 rings (SSSR count). The van der Waals surface area contributed by atoms with Crippen molar-refractivity contribution < 1.29 is 9.53 Å². The highest BCUT2D eigenvalue weighted by atomic mass is 79.9. The average molecular weight is 339 g/mol. The average Bonchev–Trinajstić information content (AvgIpc) is 2.47. The number of halogens is 1. The van der Waals surface area contributed by atoms with E-state index in [-0.39, 0.29) is 24.1 Å². The standard InChI is InChI=1S/C15H19BrN2O2/c1-8-4-2-5-9(11(8)16)15(19)18-13-12(17)10-6-3-7-20-14(10)13/h2,4-5,10,12-14H,3,6-7,17H2,1H3,(H,18,19). The Kier molecular flexibility index (Phi) is 3.84. The Hall–Kier alpha value is -0.910. The summed E-state index contributed by atoms with van der Waals surface area (Å²) in [6.07, 6.45) is 2.26. The third-order valence-electron chi connectivity index (χ3n) is 4.41. The fourth-order valence-corrected chi connectivity index (χ4v) is 3.62. The highest BCUT2D eigenvalue weighted by molar-refractivity contribution is 9.10. The molecule has 1 saturated carbocycles. The van der Waals surface area contributed by atoms with Gasteiger partial charge in [-0.1, -0.05) is 12.1 Å². The number of amides is 1. The Morgan fingerprint density at radius 3 is 3.10 bits per heavy atom. The quantitative estimate of drug-likeness (QED) is 0.866. The van der Waals surface area contributed by atoms with E-state index in [0.717, 1.165) is 29.5 Å². The summed E-state index contributed by atoms with van der Waals surface area (Å²) in [5.41, 5.74) is 7.86. The second-order valence-electron chi connectivity index (χ2n) is 5.65. The molecule has 5 heteroatoms. The molecule has 3 N–H and O–H groups in total. The zero-order valence-corrected chi connectivity index (χ0v) is 13.0. The van der Waals surface area contributed by atoms with Gasteiger partial charge in [-0.05, 0) is 47.3 Å². The van der Waals surface area contributed by atoms with E-state index >= 15 is 0 Å². The van der Waals surface area contributed by atoms with E-state index in [4.69, 9.17) is 10.5 Å². The van der Waals surface area contributed by atoms with E-state index in [1.165, 1.54) is 0 Å². The number of hydrogen-bond donors (Lipinski definition) is 2. The fourth-order valence-electron chi connectivity index (χ4n) is 3.18. The molecule has 2 fully saturated rings. The van der Waals surface area contributed by atoms with Gasteiger partial charge in [-0.2, -0.15) is 0 Å². The minimum absolute atomic E-state index is 0.00725. The predicted octanol–water partition coefficient (Wildman–Crippen LogP) is 1.99. The highest BCUT2D eigenvalue weighted by Crippen LogP contribution is 2.37. The number of carbonyl (C=O) groups is 1. The second-order valence-corrected chi connectivity index (χ2v) is 6.45. The van der Waals surface area contributed by atoms with Crippen molar-refractivity contribution >= 4 is 21.8 Å². The van der Waals surface area contributed by atoms with Gasteiger partial charge in [-0.15, -0.1) is 0 Å². The lowest BCUT2D eigenvalue weighted by Crippen LogP contribution is -2.72. The molecule has 4 unspecified atom stereocenters. The molecule has 0 aromatic heterocycles. The summed E-state index contributed by atoms with van der Waals surface area (Å²) in [5.74, 6) is 0.309. The van der Waals surface area contributed by atoms with Gasteiger partial charge in [0.05, 0.1) is 17.7 Å². The first-order valence-corrected chi connectivity index (χ1v) is 7.82. The smallest absolute Gasteiger partial charge is 0.252 e. The van der Waals surface area contributed by atoms with Gasteiger partial charge in [0.1, 0.15) is 0 Å². The number of ether oxygens (including phenoxy) is 1. The van der Waals surface area contributed by atoms with Gasteiger partial charge in [0.2, 0.25) is 0 Å². The molecule has 4 atom stereocenters. The largest absolute Gasteiger partial charge is 0.376 e. The Bertz CT molecular complexity index is 535. The first kappa shape index (κ1) is 14.0. The van der Waals surface area contributed by atoms with Gasteiger partial charge in [0.25, 0.3) is 5.91 Å². The lowest BCUT2D eigenvalue weighted by molar-refractivity contribution is -0.117. The molecular formula is C15H19BrN2O2. The summed E-state index contributed by atoms with van der Waals surface area (Å²) in [5, 5.41) is 3.03. The number of rotatable bonds is 2. The molecule has 2 aliphatic rings. The van der Waals surface area contributed by atoms with E-state index in [2.05, 4.69) is 21.2 Å². The van der Waals surface area contributed by atoms with Crippen LogP contribution in [0.3, 0.4) is 0 Å². The first-order valence-electron chi connectivity index (χ1n) is 7.03. The van der Waals surface area contributed by atoms with Crippen LogP contribution in [0.15, 0.2) is 22.7 Å². The normalized spacial score (nSPS) is 32.1. The van der Waals surface area contributed by atoms with Crippen molar-refractivity contribution in [2.75, 3.05) is 6.61 Å². The van der Waals surface area contributed by atoms with Crippen molar-refractivity contribution in [1.29, 1.82) is 0 Å². The van der Waals surface area contributed by atoms with Crippen LogP contribution in [-0.4, -0.2) is 30.7 Å². The van der Waals surface area contributed by atoms with Crippen molar-refractivity contribution in [1.82, 2.24) is 5.32 Å². The minimum Gasteiger partial charge on any atom is -0.376 e. The van der Waals surface area contributed by atoms with Crippen LogP contribution in [0.5, 0.6) is 0 Å². The van der Waals surface area contributed by atoms with Crippen molar-refractivity contribution in [3.63, 3.8) is 0 Å². The van der Waals surface area contributed by atoms with Gasteiger partial charge in [0.15, 0.2) is 0 Å². The van der Waals surface area contributed by atoms with Crippen LogP contribution in [0.4, 0.5) is 0 Å².